The Bertz CT molecular complexity index is 2270. The van der Waals surface area contributed by atoms with Crippen LogP contribution >= 0.6 is 0 Å². The van der Waals surface area contributed by atoms with Gasteiger partial charge in [0, 0.05) is 43.5 Å². The molecule has 63 heavy (non-hydrogen) atoms. The molecule has 3 saturated carbocycles. The maximum Gasteiger partial charge on any atom is 0.407 e. The zero-order valence-corrected chi connectivity index (χ0v) is 36.6. The number of aliphatic hydroxyl groups excluding tert-OH is 1. The minimum atomic E-state index is -0.845. The molecular formula is C48H61N9O6. The van der Waals surface area contributed by atoms with Crippen molar-refractivity contribution in [3.05, 3.63) is 95.5 Å². The SMILES string of the molecule is COC(=O)N[C@H](C(=O)N1CCC[C@H]1c1ncc(-c2ccc(C34CCC(c5cnc([C@@H]6CCCN6C(=O)[C@H](NC(=O)N6CC[C@@H](O)C6)c6ccccc6)[nH]5)(CC3)CC4)cc2)[nH]1)C(C)C. The fraction of sp³-hybridized carbons (Fsp3) is 0.542. The summed E-state index contributed by atoms with van der Waals surface area (Å²) in [6.45, 7) is 5.74. The molecule has 2 bridgehead atoms. The van der Waals surface area contributed by atoms with Crippen molar-refractivity contribution >= 4 is 23.9 Å². The Kier molecular flexibility index (Phi) is 11.8. The smallest absolute Gasteiger partial charge is 0.407 e. The van der Waals surface area contributed by atoms with Crippen molar-refractivity contribution in [3.8, 4) is 11.3 Å². The first-order valence-corrected chi connectivity index (χ1v) is 22.9. The predicted molar refractivity (Wildman–Crippen MR) is 235 cm³/mol. The molecule has 0 radical (unpaired) electrons. The summed E-state index contributed by atoms with van der Waals surface area (Å²) in [5.41, 5.74) is 5.37. The van der Waals surface area contributed by atoms with Crippen LogP contribution in [0, 0.1) is 5.92 Å². The maximum absolute atomic E-state index is 14.4. The van der Waals surface area contributed by atoms with Gasteiger partial charge in [-0.1, -0.05) is 68.4 Å². The first-order valence-electron chi connectivity index (χ1n) is 22.9. The molecule has 2 aromatic carbocycles. The van der Waals surface area contributed by atoms with Gasteiger partial charge in [-0.2, -0.15) is 0 Å². The van der Waals surface area contributed by atoms with Gasteiger partial charge in [0.1, 0.15) is 23.7 Å². The highest BCUT2D eigenvalue weighted by Crippen LogP contribution is 2.58. The average molecular weight is 860 g/mol. The molecule has 10 rings (SSSR count). The summed E-state index contributed by atoms with van der Waals surface area (Å²) >= 11 is 0. The molecule has 6 aliphatic rings. The molecule has 2 aromatic heterocycles. The Morgan fingerprint density at radius 3 is 2.00 bits per heavy atom. The summed E-state index contributed by atoms with van der Waals surface area (Å²) in [5.74, 6) is 1.20. The van der Waals surface area contributed by atoms with E-state index in [-0.39, 0.29) is 53.2 Å². The zero-order valence-electron chi connectivity index (χ0n) is 36.6. The van der Waals surface area contributed by atoms with E-state index in [1.807, 2.05) is 66.4 Å². The average Bonchev–Trinajstić information content (AvgIpc) is 4.18. The standard InChI is InChI=1S/C48H61N9O6/c1-30(2)39(54-46(62)63-3)43(59)56-24-7-11-36(56)41-49-27-35(51-41)31-13-15-33(16-14-31)47-18-21-48(22-19-47,23-20-47)38-28-50-42(52-38)37-12-8-25-57(37)44(60)40(32-9-5-4-6-10-32)53-45(61)55-26-17-34(58)29-55/h4-6,9-10,13-16,27-28,30,34,36-37,39-40,58H,7-8,11-12,17-26,29H2,1-3H3,(H,49,51)(H,50,52)(H,53,61)(H,54,62)/t34-,36+,37+,39+,40-,47?,48?/m1/s1. The normalized spacial score (nSPS) is 26.6. The van der Waals surface area contributed by atoms with E-state index in [0.29, 0.717) is 26.1 Å². The molecule has 6 fully saturated rings. The van der Waals surface area contributed by atoms with Crippen molar-refractivity contribution in [2.75, 3.05) is 33.3 Å². The number of carbonyl (C=O) groups excluding carboxylic acids is 4. The molecular weight excluding hydrogens is 799 g/mol. The molecule has 3 saturated heterocycles. The lowest BCUT2D eigenvalue weighted by atomic mass is 9.51. The van der Waals surface area contributed by atoms with E-state index < -0.39 is 24.3 Å². The summed E-state index contributed by atoms with van der Waals surface area (Å²) in [6.07, 6.45) is 13.0. The number of benzene rings is 2. The monoisotopic (exact) mass is 859 g/mol. The van der Waals surface area contributed by atoms with E-state index in [1.54, 1.807) is 4.90 Å². The van der Waals surface area contributed by atoms with Crippen LogP contribution in [0.5, 0.6) is 0 Å². The third kappa shape index (κ3) is 8.20. The summed E-state index contributed by atoms with van der Waals surface area (Å²) < 4.78 is 4.79. The number of amides is 5. The number of β-amino-alcohol motifs (C(OH)–C–C–N with tert-alkyl or cyclic N) is 1. The number of ether oxygens (including phenoxy) is 1. The number of aliphatic hydroxyl groups is 1. The number of aromatic amines is 2. The van der Waals surface area contributed by atoms with Gasteiger partial charge in [0.15, 0.2) is 0 Å². The van der Waals surface area contributed by atoms with Crippen LogP contribution < -0.4 is 10.6 Å². The van der Waals surface area contributed by atoms with E-state index in [2.05, 4.69) is 44.9 Å². The Balaban J connectivity index is 0.845. The van der Waals surface area contributed by atoms with Gasteiger partial charge in [0.25, 0.3) is 0 Å². The lowest BCUT2D eigenvalue weighted by Gasteiger charge is -2.53. The molecule has 334 valence electrons. The number of fused-ring (bicyclic) bond motifs is 3. The predicted octanol–water partition coefficient (Wildman–Crippen LogP) is 6.57. The van der Waals surface area contributed by atoms with Gasteiger partial charge in [0.2, 0.25) is 11.8 Å². The van der Waals surface area contributed by atoms with Crippen LogP contribution in [0.3, 0.4) is 0 Å². The quantitative estimate of drug-likeness (QED) is 0.112. The fourth-order valence-electron chi connectivity index (χ4n) is 11.2. The van der Waals surface area contributed by atoms with E-state index in [4.69, 9.17) is 14.7 Å². The van der Waals surface area contributed by atoms with Gasteiger partial charge in [-0.15, -0.1) is 0 Å². The number of rotatable bonds is 11. The fourth-order valence-corrected chi connectivity index (χ4v) is 11.2. The van der Waals surface area contributed by atoms with E-state index in [9.17, 15) is 24.3 Å². The molecule has 5 atom stereocenters. The molecule has 0 spiro atoms. The van der Waals surface area contributed by atoms with Crippen LogP contribution in [-0.2, 0) is 25.2 Å². The van der Waals surface area contributed by atoms with Gasteiger partial charge in [-0.25, -0.2) is 19.6 Å². The van der Waals surface area contributed by atoms with Crippen LogP contribution in [0.2, 0.25) is 0 Å². The molecule has 15 nitrogen and oxygen atoms in total. The molecule has 15 heteroatoms. The zero-order chi connectivity index (χ0) is 43.9. The number of alkyl carbamates (subject to hydrolysis) is 1. The Hall–Kier alpha value is -5.70. The van der Waals surface area contributed by atoms with Crippen LogP contribution in [-0.4, -0.2) is 109 Å². The highest BCUT2D eigenvalue weighted by molar-refractivity contribution is 5.89. The number of nitrogens with one attached hydrogen (secondary N) is 4. The third-order valence-corrected chi connectivity index (χ3v) is 15.0. The van der Waals surface area contributed by atoms with Crippen molar-refractivity contribution < 1.29 is 29.0 Å². The number of imidazole rings is 2. The first-order chi connectivity index (χ1) is 30.5. The van der Waals surface area contributed by atoms with Crippen LogP contribution in [0.4, 0.5) is 9.59 Å². The van der Waals surface area contributed by atoms with Gasteiger partial charge in [0.05, 0.1) is 37.2 Å². The molecule has 5 amide bonds. The topological polar surface area (TPSA) is 189 Å². The van der Waals surface area contributed by atoms with Crippen molar-refractivity contribution in [2.24, 2.45) is 5.92 Å². The second-order valence-electron chi connectivity index (χ2n) is 18.9. The number of aromatic nitrogens is 4. The number of likely N-dealkylation sites (tertiary alicyclic amines) is 3. The van der Waals surface area contributed by atoms with Crippen LogP contribution in [0.1, 0.15) is 131 Å². The van der Waals surface area contributed by atoms with Crippen molar-refractivity contribution in [1.82, 2.24) is 45.3 Å². The van der Waals surface area contributed by atoms with E-state index in [0.717, 1.165) is 98.4 Å². The Morgan fingerprint density at radius 2 is 1.38 bits per heavy atom. The second-order valence-corrected chi connectivity index (χ2v) is 18.9. The van der Waals surface area contributed by atoms with Crippen molar-refractivity contribution in [2.45, 2.75) is 126 Å². The van der Waals surface area contributed by atoms with Crippen LogP contribution in [0.15, 0.2) is 67.0 Å². The third-order valence-electron chi connectivity index (χ3n) is 15.0. The number of nitrogens with zero attached hydrogens (tertiary/aromatic N) is 5. The maximum atomic E-state index is 14.4. The highest BCUT2D eigenvalue weighted by Gasteiger charge is 2.51. The summed E-state index contributed by atoms with van der Waals surface area (Å²) in [7, 11) is 1.30. The number of H-pyrrole nitrogens is 2. The molecule has 3 aliphatic heterocycles. The van der Waals surface area contributed by atoms with Gasteiger partial charge >= 0.3 is 12.1 Å². The molecule has 3 aliphatic carbocycles. The van der Waals surface area contributed by atoms with Gasteiger partial charge < -0.3 is 45.1 Å². The van der Waals surface area contributed by atoms with Gasteiger partial charge in [-0.05, 0) is 98.7 Å². The number of carbonyl (C=O) groups is 4. The van der Waals surface area contributed by atoms with Crippen molar-refractivity contribution in [1.29, 1.82) is 0 Å². The highest BCUT2D eigenvalue weighted by atomic mass is 16.5. The summed E-state index contributed by atoms with van der Waals surface area (Å²) in [4.78, 5) is 75.6. The lowest BCUT2D eigenvalue weighted by molar-refractivity contribution is -0.135. The van der Waals surface area contributed by atoms with E-state index >= 15 is 0 Å². The van der Waals surface area contributed by atoms with Crippen LogP contribution in [0.25, 0.3) is 11.3 Å². The van der Waals surface area contributed by atoms with E-state index in [1.165, 1.54) is 12.7 Å². The van der Waals surface area contributed by atoms with Gasteiger partial charge in [-0.3, -0.25) is 9.59 Å². The molecule has 4 aromatic rings. The second kappa shape index (κ2) is 17.5. The number of hydrogen-bond donors (Lipinski definition) is 5. The number of methoxy groups -OCH3 is 1. The Labute approximate surface area is 368 Å². The minimum Gasteiger partial charge on any atom is -0.453 e. The Morgan fingerprint density at radius 1 is 0.762 bits per heavy atom. The summed E-state index contributed by atoms with van der Waals surface area (Å²) in [5, 5.41) is 15.8. The number of urea groups is 1. The largest absolute Gasteiger partial charge is 0.453 e. The minimum absolute atomic E-state index is 0.0214. The lowest BCUT2D eigenvalue weighted by Crippen LogP contribution is -2.51. The molecule has 5 N–H and O–H groups in total. The van der Waals surface area contributed by atoms with Crippen molar-refractivity contribution in [3.63, 3.8) is 0 Å². The number of hydrogen-bond acceptors (Lipinski definition) is 8. The summed E-state index contributed by atoms with van der Waals surface area (Å²) in [6, 6.07) is 16.1. The first kappa shape index (κ1) is 42.6. The molecule has 5 heterocycles. The molecule has 0 unspecified atom stereocenters.